The molecule has 0 spiro atoms. The number of fused-ring (bicyclic) bond motifs is 1. The molecule has 1 heterocycles. The van der Waals surface area contributed by atoms with E-state index in [-0.39, 0.29) is 18.5 Å². The van der Waals surface area contributed by atoms with Crippen LogP contribution in [0.25, 0.3) is 11.0 Å². The van der Waals surface area contributed by atoms with Gasteiger partial charge in [-0.15, -0.1) is 0 Å². The number of rotatable bonds is 4. The van der Waals surface area contributed by atoms with Gasteiger partial charge in [0.2, 0.25) is 5.91 Å². The van der Waals surface area contributed by atoms with E-state index in [1.807, 2.05) is 19.1 Å². The minimum Gasteiger partial charge on any atom is -0.352 e. The van der Waals surface area contributed by atoms with Crippen LogP contribution < -0.4 is 16.4 Å². The summed E-state index contributed by atoms with van der Waals surface area (Å²) in [6.07, 6.45) is 6.65. The van der Waals surface area contributed by atoms with Crippen LogP contribution >= 0.6 is 0 Å². The number of benzene rings is 1. The van der Waals surface area contributed by atoms with Crippen LogP contribution in [0.3, 0.4) is 0 Å². The second-order valence-electron chi connectivity index (χ2n) is 6.69. The maximum atomic E-state index is 12.5. The van der Waals surface area contributed by atoms with Crippen LogP contribution in [0.5, 0.6) is 0 Å². The monoisotopic (exact) mass is 343 g/mol. The lowest BCUT2D eigenvalue weighted by atomic mass is 10.1. The van der Waals surface area contributed by atoms with E-state index in [4.69, 9.17) is 0 Å². The van der Waals surface area contributed by atoms with Crippen molar-refractivity contribution >= 4 is 16.9 Å². The van der Waals surface area contributed by atoms with Gasteiger partial charge in [-0.3, -0.25) is 19.0 Å². The Labute approximate surface area is 146 Å². The van der Waals surface area contributed by atoms with Gasteiger partial charge in [0, 0.05) is 12.6 Å². The fourth-order valence-corrected chi connectivity index (χ4v) is 3.68. The summed E-state index contributed by atoms with van der Waals surface area (Å²) in [6, 6.07) is 7.40. The van der Waals surface area contributed by atoms with Gasteiger partial charge < -0.3 is 9.88 Å². The van der Waals surface area contributed by atoms with Crippen LogP contribution in [-0.2, 0) is 17.9 Å². The minimum absolute atomic E-state index is 0.115. The standard InChI is InChI=1S/C19H25N3O3/c1-2-21-15-11-7-8-12-16(15)22(19(25)18(21)24)13-17(23)20-14-9-5-3-4-6-10-14/h7-8,11-12,14H,2-6,9-10,13H2,1H3,(H,20,23). The molecule has 6 nitrogen and oxygen atoms in total. The maximum absolute atomic E-state index is 12.5. The molecule has 0 bridgehead atoms. The van der Waals surface area contributed by atoms with E-state index in [0.717, 1.165) is 25.7 Å². The molecule has 0 unspecified atom stereocenters. The SMILES string of the molecule is CCn1c(=O)c(=O)n(CC(=O)NC2CCCCCC2)c2ccccc21. The first kappa shape index (κ1) is 17.5. The molecule has 1 aliphatic carbocycles. The lowest BCUT2D eigenvalue weighted by Gasteiger charge is -2.18. The Hall–Kier alpha value is -2.37. The Kier molecular flexibility index (Phi) is 5.36. The molecule has 0 aliphatic heterocycles. The summed E-state index contributed by atoms with van der Waals surface area (Å²) in [6.45, 7) is 2.13. The zero-order valence-corrected chi connectivity index (χ0v) is 14.7. The number of nitrogens with one attached hydrogen (secondary N) is 1. The van der Waals surface area contributed by atoms with Gasteiger partial charge in [0.1, 0.15) is 6.54 Å². The Balaban J connectivity index is 1.91. The number of carbonyl (C=O) groups excluding carboxylic acids is 1. The molecular formula is C19H25N3O3. The van der Waals surface area contributed by atoms with Crippen LogP contribution in [0.15, 0.2) is 33.9 Å². The fraction of sp³-hybridized carbons (Fsp3) is 0.526. The molecule has 1 aromatic heterocycles. The highest BCUT2D eigenvalue weighted by molar-refractivity contribution is 5.80. The van der Waals surface area contributed by atoms with Crippen LogP contribution in [-0.4, -0.2) is 21.1 Å². The molecule has 0 radical (unpaired) electrons. The molecule has 25 heavy (non-hydrogen) atoms. The third-order valence-electron chi connectivity index (χ3n) is 4.97. The third-order valence-corrected chi connectivity index (χ3v) is 4.97. The van der Waals surface area contributed by atoms with Gasteiger partial charge in [-0.1, -0.05) is 37.8 Å². The van der Waals surface area contributed by atoms with Gasteiger partial charge in [0.05, 0.1) is 11.0 Å². The van der Waals surface area contributed by atoms with Gasteiger partial charge in [-0.05, 0) is 31.9 Å². The number of aryl methyl sites for hydroxylation is 1. The van der Waals surface area contributed by atoms with Crippen molar-refractivity contribution < 1.29 is 4.79 Å². The number of carbonyl (C=O) groups is 1. The highest BCUT2D eigenvalue weighted by Crippen LogP contribution is 2.17. The Morgan fingerprint density at radius 1 is 1.00 bits per heavy atom. The molecule has 0 saturated heterocycles. The van der Waals surface area contributed by atoms with E-state index >= 15 is 0 Å². The molecule has 1 aliphatic rings. The predicted octanol–water partition coefficient (Wildman–Crippen LogP) is 2.02. The summed E-state index contributed by atoms with van der Waals surface area (Å²) in [5.41, 5.74) is 0.0712. The molecule has 1 fully saturated rings. The van der Waals surface area contributed by atoms with Crippen molar-refractivity contribution in [3.63, 3.8) is 0 Å². The van der Waals surface area contributed by atoms with E-state index in [1.54, 1.807) is 12.1 Å². The Morgan fingerprint density at radius 2 is 1.56 bits per heavy atom. The first-order valence-corrected chi connectivity index (χ1v) is 9.13. The van der Waals surface area contributed by atoms with E-state index in [0.29, 0.717) is 17.6 Å². The van der Waals surface area contributed by atoms with Crippen molar-refractivity contribution in [2.75, 3.05) is 0 Å². The van der Waals surface area contributed by atoms with Crippen molar-refractivity contribution in [3.05, 3.63) is 45.0 Å². The highest BCUT2D eigenvalue weighted by atomic mass is 16.2. The minimum atomic E-state index is -0.642. The molecule has 3 rings (SSSR count). The number of nitrogens with zero attached hydrogens (tertiary/aromatic N) is 2. The Bertz CT molecular complexity index is 874. The number of hydrogen-bond donors (Lipinski definition) is 1. The molecule has 2 aromatic rings. The molecule has 6 heteroatoms. The summed E-state index contributed by atoms with van der Waals surface area (Å²) in [4.78, 5) is 37.3. The number of amides is 1. The maximum Gasteiger partial charge on any atom is 0.317 e. The van der Waals surface area contributed by atoms with Gasteiger partial charge in [0.25, 0.3) is 0 Å². The zero-order chi connectivity index (χ0) is 17.8. The van der Waals surface area contributed by atoms with Crippen LogP contribution in [0.2, 0.25) is 0 Å². The largest absolute Gasteiger partial charge is 0.352 e. The van der Waals surface area contributed by atoms with E-state index in [1.165, 1.54) is 22.0 Å². The van der Waals surface area contributed by atoms with Gasteiger partial charge >= 0.3 is 11.1 Å². The van der Waals surface area contributed by atoms with Crippen LogP contribution in [0.1, 0.15) is 45.4 Å². The summed E-state index contributed by atoms with van der Waals surface area (Å²) in [5, 5.41) is 3.04. The van der Waals surface area contributed by atoms with Crippen molar-refractivity contribution in [2.24, 2.45) is 0 Å². The average Bonchev–Trinajstić information content (AvgIpc) is 2.88. The lowest BCUT2D eigenvalue weighted by Crippen LogP contribution is -2.45. The number of aromatic nitrogens is 2. The summed E-state index contributed by atoms with van der Waals surface area (Å²) in [5.74, 6) is -0.201. The van der Waals surface area contributed by atoms with Crippen molar-refractivity contribution in [3.8, 4) is 0 Å². The van der Waals surface area contributed by atoms with Crippen molar-refractivity contribution in [2.45, 2.75) is 64.6 Å². The van der Waals surface area contributed by atoms with E-state index in [9.17, 15) is 14.4 Å². The Morgan fingerprint density at radius 3 is 2.16 bits per heavy atom. The van der Waals surface area contributed by atoms with Gasteiger partial charge in [0.15, 0.2) is 0 Å². The second-order valence-corrected chi connectivity index (χ2v) is 6.69. The van der Waals surface area contributed by atoms with Crippen LogP contribution in [0, 0.1) is 0 Å². The molecule has 1 N–H and O–H groups in total. The van der Waals surface area contributed by atoms with E-state index in [2.05, 4.69) is 5.32 Å². The third kappa shape index (κ3) is 3.67. The summed E-state index contributed by atoms with van der Waals surface area (Å²) < 4.78 is 2.76. The predicted molar refractivity (Wildman–Crippen MR) is 97.8 cm³/mol. The topological polar surface area (TPSA) is 73.1 Å². The second kappa shape index (κ2) is 7.68. The average molecular weight is 343 g/mol. The lowest BCUT2D eigenvalue weighted by molar-refractivity contribution is -0.122. The smallest absolute Gasteiger partial charge is 0.317 e. The summed E-state index contributed by atoms with van der Waals surface area (Å²) >= 11 is 0. The van der Waals surface area contributed by atoms with Gasteiger partial charge in [-0.2, -0.15) is 0 Å². The summed E-state index contributed by atoms with van der Waals surface area (Å²) in [7, 11) is 0. The zero-order valence-electron chi connectivity index (χ0n) is 14.7. The quantitative estimate of drug-likeness (QED) is 0.682. The first-order chi connectivity index (χ1) is 12.1. The van der Waals surface area contributed by atoms with Crippen molar-refractivity contribution in [1.82, 2.24) is 14.5 Å². The molecule has 1 aromatic carbocycles. The fourth-order valence-electron chi connectivity index (χ4n) is 3.68. The molecule has 1 amide bonds. The van der Waals surface area contributed by atoms with Crippen molar-refractivity contribution in [1.29, 1.82) is 0 Å². The van der Waals surface area contributed by atoms with Crippen LogP contribution in [0.4, 0.5) is 0 Å². The molecular weight excluding hydrogens is 318 g/mol. The van der Waals surface area contributed by atoms with Gasteiger partial charge in [-0.25, -0.2) is 0 Å². The number of para-hydroxylation sites is 2. The van der Waals surface area contributed by atoms with E-state index < -0.39 is 11.1 Å². The molecule has 0 atom stereocenters. The molecule has 1 saturated carbocycles. The number of hydrogen-bond acceptors (Lipinski definition) is 3. The molecule has 134 valence electrons. The first-order valence-electron chi connectivity index (χ1n) is 9.13. The normalized spacial score (nSPS) is 15.9. The highest BCUT2D eigenvalue weighted by Gasteiger charge is 2.18.